The number of carbonyl (C=O) groups excluding carboxylic acids is 1. The summed E-state index contributed by atoms with van der Waals surface area (Å²) >= 11 is 3.50. The van der Waals surface area contributed by atoms with Crippen LogP contribution >= 0.6 is 15.9 Å². The third kappa shape index (κ3) is 3.61. The van der Waals surface area contributed by atoms with E-state index in [-0.39, 0.29) is 12.7 Å². The van der Waals surface area contributed by atoms with Gasteiger partial charge >= 0.3 is 0 Å². The first-order valence-corrected chi connectivity index (χ1v) is 6.86. The molecule has 0 saturated carbocycles. The first-order chi connectivity index (χ1) is 9.08. The lowest BCUT2D eigenvalue weighted by atomic mass is 10.2. The van der Waals surface area contributed by atoms with Crippen molar-refractivity contribution in [1.82, 2.24) is 10.2 Å². The Morgan fingerprint density at radius 3 is 2.74 bits per heavy atom. The molecule has 0 bridgehead atoms. The molecule has 1 aliphatic rings. The lowest BCUT2D eigenvalue weighted by molar-refractivity contribution is -0.128. The molecule has 0 radical (unpaired) electrons. The first-order valence-electron chi connectivity index (χ1n) is 6.07. The normalized spacial score (nSPS) is 12.6. The van der Waals surface area contributed by atoms with Crippen LogP contribution in [0.2, 0.25) is 0 Å². The minimum absolute atomic E-state index is 0.122. The summed E-state index contributed by atoms with van der Waals surface area (Å²) in [6.07, 6.45) is 0.495. The summed E-state index contributed by atoms with van der Waals surface area (Å²) in [5, 5.41) is 3.25. The van der Waals surface area contributed by atoms with Gasteiger partial charge in [0.25, 0.3) is 0 Å². The van der Waals surface area contributed by atoms with E-state index in [1.807, 2.05) is 12.1 Å². The average molecular weight is 329 g/mol. The molecule has 0 fully saturated rings. The van der Waals surface area contributed by atoms with Gasteiger partial charge < -0.3 is 19.7 Å². The summed E-state index contributed by atoms with van der Waals surface area (Å²) in [6.45, 7) is 1.60. The van der Waals surface area contributed by atoms with Crippen molar-refractivity contribution in [1.29, 1.82) is 0 Å². The van der Waals surface area contributed by atoms with Gasteiger partial charge in [0, 0.05) is 38.1 Å². The van der Waals surface area contributed by atoms with Crippen LogP contribution < -0.4 is 14.8 Å². The number of benzene rings is 1. The Hall–Kier alpha value is -1.27. The van der Waals surface area contributed by atoms with E-state index in [0.717, 1.165) is 21.5 Å². The minimum atomic E-state index is 0.122. The molecule has 1 heterocycles. The van der Waals surface area contributed by atoms with Gasteiger partial charge in [0.2, 0.25) is 12.7 Å². The van der Waals surface area contributed by atoms with Crippen LogP contribution in [0.1, 0.15) is 12.0 Å². The molecule has 0 aromatic heterocycles. The van der Waals surface area contributed by atoms with Gasteiger partial charge in [-0.25, -0.2) is 0 Å². The highest BCUT2D eigenvalue weighted by molar-refractivity contribution is 9.10. The maximum absolute atomic E-state index is 11.4. The summed E-state index contributed by atoms with van der Waals surface area (Å²) in [5.74, 6) is 1.65. The molecule has 1 aromatic rings. The number of rotatable bonds is 5. The van der Waals surface area contributed by atoms with Gasteiger partial charge in [-0.1, -0.05) is 15.9 Å². The third-order valence-corrected chi connectivity index (χ3v) is 3.61. The number of carbonyl (C=O) groups is 1. The fourth-order valence-electron chi connectivity index (χ4n) is 1.74. The van der Waals surface area contributed by atoms with E-state index >= 15 is 0 Å². The minimum Gasteiger partial charge on any atom is -0.454 e. The smallest absolute Gasteiger partial charge is 0.231 e. The molecule has 0 atom stereocenters. The number of hydrogen-bond donors (Lipinski definition) is 1. The van der Waals surface area contributed by atoms with Crippen molar-refractivity contribution in [3.05, 3.63) is 22.2 Å². The zero-order chi connectivity index (χ0) is 13.8. The Bertz CT molecular complexity index is 477. The number of halogens is 1. The van der Waals surface area contributed by atoms with Gasteiger partial charge in [0.1, 0.15) is 0 Å². The van der Waals surface area contributed by atoms with Crippen molar-refractivity contribution in [3.8, 4) is 11.5 Å². The third-order valence-electron chi connectivity index (χ3n) is 2.87. The van der Waals surface area contributed by atoms with Crippen molar-refractivity contribution < 1.29 is 14.3 Å². The van der Waals surface area contributed by atoms with E-state index < -0.39 is 0 Å². The molecule has 0 saturated heterocycles. The predicted octanol–water partition coefficient (Wildman–Crippen LogP) is 1.75. The second-order valence-corrected chi connectivity index (χ2v) is 5.37. The van der Waals surface area contributed by atoms with Gasteiger partial charge in [-0.15, -0.1) is 0 Å². The van der Waals surface area contributed by atoms with Gasteiger partial charge in [-0.05, 0) is 17.7 Å². The standard InChI is InChI=1S/C13H17BrN2O3/c1-16(2)13(17)3-4-15-7-9-5-11-12(6-10(9)14)19-8-18-11/h5-6,15H,3-4,7-8H2,1-2H3. The number of amides is 1. The van der Waals surface area contributed by atoms with Crippen molar-refractivity contribution in [2.24, 2.45) is 0 Å². The van der Waals surface area contributed by atoms with Crippen molar-refractivity contribution in [2.45, 2.75) is 13.0 Å². The zero-order valence-corrected chi connectivity index (χ0v) is 12.6. The Morgan fingerprint density at radius 1 is 1.37 bits per heavy atom. The molecule has 1 amide bonds. The average Bonchev–Trinajstić information content (AvgIpc) is 2.81. The van der Waals surface area contributed by atoms with Crippen molar-refractivity contribution in [3.63, 3.8) is 0 Å². The number of nitrogens with zero attached hydrogens (tertiary/aromatic N) is 1. The van der Waals surface area contributed by atoms with E-state index in [9.17, 15) is 4.79 Å². The summed E-state index contributed by atoms with van der Waals surface area (Å²) < 4.78 is 11.6. The highest BCUT2D eigenvalue weighted by Gasteiger charge is 2.16. The van der Waals surface area contributed by atoms with Crippen LogP contribution in [0.3, 0.4) is 0 Å². The Kier molecular flexibility index (Phi) is 4.66. The lowest BCUT2D eigenvalue weighted by Gasteiger charge is -2.11. The number of ether oxygens (including phenoxy) is 2. The van der Waals surface area contributed by atoms with Crippen LogP contribution in [0.4, 0.5) is 0 Å². The molecule has 0 unspecified atom stereocenters. The van der Waals surface area contributed by atoms with Crippen LogP contribution in [0.25, 0.3) is 0 Å². The Morgan fingerprint density at radius 2 is 2.05 bits per heavy atom. The van der Waals surface area contributed by atoms with E-state index in [2.05, 4.69) is 21.2 Å². The highest BCUT2D eigenvalue weighted by Crippen LogP contribution is 2.36. The van der Waals surface area contributed by atoms with E-state index in [1.165, 1.54) is 0 Å². The largest absolute Gasteiger partial charge is 0.454 e. The lowest BCUT2D eigenvalue weighted by Crippen LogP contribution is -2.26. The van der Waals surface area contributed by atoms with Gasteiger partial charge in [-0.2, -0.15) is 0 Å². The predicted molar refractivity (Wildman–Crippen MR) is 75.3 cm³/mol. The fourth-order valence-corrected chi connectivity index (χ4v) is 2.20. The SMILES string of the molecule is CN(C)C(=O)CCNCc1cc2c(cc1Br)OCO2. The molecule has 0 spiro atoms. The van der Waals surface area contributed by atoms with Crippen molar-refractivity contribution >= 4 is 21.8 Å². The van der Waals surface area contributed by atoms with Gasteiger partial charge in [0.05, 0.1) is 0 Å². The van der Waals surface area contributed by atoms with Gasteiger partial charge in [-0.3, -0.25) is 4.79 Å². The van der Waals surface area contributed by atoms with Crippen LogP contribution in [0.5, 0.6) is 11.5 Å². The maximum Gasteiger partial charge on any atom is 0.231 e. The van der Waals surface area contributed by atoms with Crippen molar-refractivity contribution in [2.75, 3.05) is 27.4 Å². The monoisotopic (exact) mass is 328 g/mol. The van der Waals surface area contributed by atoms with E-state index in [4.69, 9.17) is 9.47 Å². The molecular weight excluding hydrogens is 312 g/mol. The molecule has 104 valence electrons. The second kappa shape index (κ2) is 6.25. The summed E-state index contributed by atoms with van der Waals surface area (Å²) in [4.78, 5) is 13.0. The maximum atomic E-state index is 11.4. The van der Waals surface area contributed by atoms with Crippen LogP contribution in [0, 0.1) is 0 Å². The molecule has 1 N–H and O–H groups in total. The molecule has 5 nitrogen and oxygen atoms in total. The molecule has 1 aliphatic heterocycles. The molecule has 1 aromatic carbocycles. The molecule has 2 rings (SSSR count). The number of fused-ring (bicyclic) bond motifs is 1. The summed E-state index contributed by atoms with van der Waals surface area (Å²) in [6, 6.07) is 3.86. The topological polar surface area (TPSA) is 50.8 Å². The van der Waals surface area contributed by atoms with Crippen LogP contribution in [0.15, 0.2) is 16.6 Å². The molecule has 0 aliphatic carbocycles. The first kappa shape index (κ1) is 14.1. The van der Waals surface area contributed by atoms with Crippen LogP contribution in [-0.2, 0) is 11.3 Å². The highest BCUT2D eigenvalue weighted by atomic mass is 79.9. The van der Waals surface area contributed by atoms with Gasteiger partial charge in [0.15, 0.2) is 11.5 Å². The molecular formula is C13H17BrN2O3. The van der Waals surface area contributed by atoms with E-state index in [1.54, 1.807) is 19.0 Å². The second-order valence-electron chi connectivity index (χ2n) is 4.51. The fraction of sp³-hybridized carbons (Fsp3) is 0.462. The number of nitrogens with one attached hydrogen (secondary N) is 1. The Balaban J connectivity index is 1.85. The number of hydrogen-bond acceptors (Lipinski definition) is 4. The van der Waals surface area contributed by atoms with Crippen LogP contribution in [-0.4, -0.2) is 38.2 Å². The summed E-state index contributed by atoms with van der Waals surface area (Å²) in [5.41, 5.74) is 1.08. The summed E-state index contributed by atoms with van der Waals surface area (Å²) in [7, 11) is 3.52. The molecule has 6 heteroatoms. The molecule has 19 heavy (non-hydrogen) atoms. The quantitative estimate of drug-likeness (QED) is 0.836. The Labute approximate surface area is 121 Å². The van der Waals surface area contributed by atoms with E-state index in [0.29, 0.717) is 19.5 Å². The zero-order valence-electron chi connectivity index (χ0n) is 11.0.